The van der Waals surface area contributed by atoms with E-state index in [-0.39, 0.29) is 0 Å². The monoisotopic (exact) mass is 269 g/mol. The van der Waals surface area contributed by atoms with Crippen LogP contribution in [0.3, 0.4) is 0 Å². The maximum Gasteiger partial charge on any atom is 0.238 e. The third kappa shape index (κ3) is 3.14. The Bertz CT molecular complexity index is 591. The van der Waals surface area contributed by atoms with Gasteiger partial charge in [-0.25, -0.2) is 0 Å². The lowest BCUT2D eigenvalue weighted by atomic mass is 10.1. The van der Waals surface area contributed by atoms with Crippen LogP contribution in [0.4, 0.5) is 0 Å². The summed E-state index contributed by atoms with van der Waals surface area (Å²) in [5, 5.41) is 11.7. The molecule has 1 saturated carbocycles. The van der Waals surface area contributed by atoms with Crippen LogP contribution in [0.2, 0.25) is 0 Å². The second kappa shape index (κ2) is 5.59. The first-order chi connectivity index (χ1) is 9.72. The minimum Gasteiger partial charge on any atom is -0.437 e. The zero-order chi connectivity index (χ0) is 13.9. The highest BCUT2D eigenvalue weighted by Gasteiger charge is 2.20. The van der Waals surface area contributed by atoms with Crippen molar-refractivity contribution in [3.63, 3.8) is 0 Å². The predicted molar refractivity (Wildman–Crippen MR) is 77.9 cm³/mol. The normalized spacial score (nSPS) is 14.3. The van der Waals surface area contributed by atoms with Crippen LogP contribution in [0.5, 0.6) is 11.6 Å². The van der Waals surface area contributed by atoms with Crippen LogP contribution in [-0.2, 0) is 6.54 Å². The molecule has 0 aliphatic heterocycles. The Labute approximate surface area is 119 Å². The summed E-state index contributed by atoms with van der Waals surface area (Å²) in [5.74, 6) is 1.37. The van der Waals surface area contributed by atoms with Crippen molar-refractivity contribution in [2.75, 3.05) is 0 Å². The van der Waals surface area contributed by atoms with E-state index in [4.69, 9.17) is 4.74 Å². The van der Waals surface area contributed by atoms with E-state index in [9.17, 15) is 0 Å². The maximum atomic E-state index is 5.79. The van der Waals surface area contributed by atoms with E-state index < -0.39 is 0 Å². The summed E-state index contributed by atoms with van der Waals surface area (Å²) in [6, 6.07) is 10.5. The van der Waals surface area contributed by atoms with Gasteiger partial charge in [0.1, 0.15) is 5.75 Å². The molecular formula is C16H19N3O. The van der Waals surface area contributed by atoms with Crippen LogP contribution >= 0.6 is 0 Å². The maximum absolute atomic E-state index is 5.79. The summed E-state index contributed by atoms with van der Waals surface area (Å²) in [5.41, 5.74) is 3.29. The van der Waals surface area contributed by atoms with Gasteiger partial charge in [-0.15, -0.1) is 5.10 Å². The summed E-state index contributed by atoms with van der Waals surface area (Å²) in [4.78, 5) is 0. The number of hydrogen-bond acceptors (Lipinski definition) is 4. The molecule has 2 aromatic rings. The van der Waals surface area contributed by atoms with Crippen molar-refractivity contribution >= 4 is 0 Å². The lowest BCUT2D eigenvalue weighted by Gasteiger charge is -2.09. The first kappa shape index (κ1) is 13.1. The SMILES string of the molecule is Cc1cccc(Oc2ccc(CNC3CC3)nn2)c1C. The quantitative estimate of drug-likeness (QED) is 0.906. The summed E-state index contributed by atoms with van der Waals surface area (Å²) >= 11 is 0. The van der Waals surface area contributed by atoms with Crippen molar-refractivity contribution in [3.05, 3.63) is 47.2 Å². The van der Waals surface area contributed by atoms with Crippen molar-refractivity contribution in [1.29, 1.82) is 0 Å². The van der Waals surface area contributed by atoms with Crippen LogP contribution in [0.1, 0.15) is 29.7 Å². The van der Waals surface area contributed by atoms with Crippen molar-refractivity contribution in [3.8, 4) is 11.6 Å². The lowest BCUT2D eigenvalue weighted by molar-refractivity contribution is 0.449. The molecule has 0 spiro atoms. The zero-order valence-electron chi connectivity index (χ0n) is 11.9. The van der Waals surface area contributed by atoms with Gasteiger partial charge in [0.25, 0.3) is 0 Å². The summed E-state index contributed by atoms with van der Waals surface area (Å²) < 4.78 is 5.79. The summed E-state index contributed by atoms with van der Waals surface area (Å²) in [6.07, 6.45) is 2.56. The topological polar surface area (TPSA) is 47.0 Å². The highest BCUT2D eigenvalue weighted by Crippen LogP contribution is 2.25. The molecule has 1 aliphatic carbocycles. The number of aryl methyl sites for hydroxylation is 1. The summed E-state index contributed by atoms with van der Waals surface area (Å²) in [7, 11) is 0. The molecule has 0 amide bonds. The Balaban J connectivity index is 1.66. The fourth-order valence-electron chi connectivity index (χ4n) is 1.98. The highest BCUT2D eigenvalue weighted by molar-refractivity contribution is 5.40. The third-order valence-corrected chi connectivity index (χ3v) is 3.61. The van der Waals surface area contributed by atoms with Crippen LogP contribution in [0.25, 0.3) is 0 Å². The largest absolute Gasteiger partial charge is 0.437 e. The molecule has 1 aliphatic rings. The molecule has 1 aromatic heterocycles. The van der Waals surface area contributed by atoms with Gasteiger partial charge in [-0.3, -0.25) is 0 Å². The van der Waals surface area contributed by atoms with Crippen LogP contribution < -0.4 is 10.1 Å². The van der Waals surface area contributed by atoms with Gasteiger partial charge in [0.2, 0.25) is 5.88 Å². The molecule has 1 N–H and O–H groups in total. The highest BCUT2D eigenvalue weighted by atomic mass is 16.5. The van der Waals surface area contributed by atoms with E-state index in [1.54, 1.807) is 0 Å². The van der Waals surface area contributed by atoms with E-state index in [2.05, 4.69) is 28.5 Å². The average molecular weight is 269 g/mol. The van der Waals surface area contributed by atoms with Gasteiger partial charge in [-0.2, -0.15) is 5.10 Å². The van der Waals surface area contributed by atoms with Crippen molar-refractivity contribution < 1.29 is 4.74 Å². The number of ether oxygens (including phenoxy) is 1. The molecular weight excluding hydrogens is 250 g/mol. The number of nitrogens with zero attached hydrogens (tertiary/aromatic N) is 2. The lowest BCUT2D eigenvalue weighted by Crippen LogP contribution is -2.16. The minimum atomic E-state index is 0.536. The van der Waals surface area contributed by atoms with Gasteiger partial charge in [-0.05, 0) is 49.9 Å². The molecule has 20 heavy (non-hydrogen) atoms. The molecule has 1 fully saturated rings. The molecule has 4 nitrogen and oxygen atoms in total. The standard InChI is InChI=1S/C16H19N3O/c1-11-4-3-5-15(12(11)2)20-16-9-8-14(18-19-16)10-17-13-6-7-13/h3-5,8-9,13,17H,6-7,10H2,1-2H3. The number of hydrogen-bond donors (Lipinski definition) is 1. The number of rotatable bonds is 5. The van der Waals surface area contributed by atoms with Gasteiger partial charge < -0.3 is 10.1 Å². The molecule has 3 rings (SSSR count). The first-order valence-corrected chi connectivity index (χ1v) is 7.02. The van der Waals surface area contributed by atoms with Crippen molar-refractivity contribution in [2.24, 2.45) is 0 Å². The van der Waals surface area contributed by atoms with Crippen LogP contribution in [0.15, 0.2) is 30.3 Å². The predicted octanol–water partition coefficient (Wildman–Crippen LogP) is 3.14. The Kier molecular flexibility index (Phi) is 3.65. The Morgan fingerprint density at radius 1 is 1.15 bits per heavy atom. The summed E-state index contributed by atoms with van der Waals surface area (Å²) in [6.45, 7) is 4.90. The van der Waals surface area contributed by atoms with Gasteiger partial charge in [0.15, 0.2) is 0 Å². The smallest absolute Gasteiger partial charge is 0.238 e. The van der Waals surface area contributed by atoms with E-state index in [1.165, 1.54) is 18.4 Å². The molecule has 1 aromatic carbocycles. The van der Waals surface area contributed by atoms with E-state index in [0.29, 0.717) is 11.9 Å². The average Bonchev–Trinajstić information content (AvgIpc) is 3.27. The molecule has 0 unspecified atom stereocenters. The van der Waals surface area contributed by atoms with E-state index in [0.717, 1.165) is 23.6 Å². The third-order valence-electron chi connectivity index (χ3n) is 3.61. The van der Waals surface area contributed by atoms with E-state index in [1.807, 2.05) is 31.2 Å². The first-order valence-electron chi connectivity index (χ1n) is 7.02. The Morgan fingerprint density at radius 2 is 2.00 bits per heavy atom. The van der Waals surface area contributed by atoms with E-state index >= 15 is 0 Å². The Morgan fingerprint density at radius 3 is 2.70 bits per heavy atom. The number of benzene rings is 1. The Hall–Kier alpha value is -1.94. The van der Waals surface area contributed by atoms with Crippen molar-refractivity contribution in [2.45, 2.75) is 39.3 Å². The van der Waals surface area contributed by atoms with Crippen LogP contribution in [-0.4, -0.2) is 16.2 Å². The molecule has 0 bridgehead atoms. The van der Waals surface area contributed by atoms with Crippen LogP contribution in [0, 0.1) is 13.8 Å². The van der Waals surface area contributed by atoms with Gasteiger partial charge in [0.05, 0.1) is 5.69 Å². The van der Waals surface area contributed by atoms with Crippen molar-refractivity contribution in [1.82, 2.24) is 15.5 Å². The number of aromatic nitrogens is 2. The fourth-order valence-corrected chi connectivity index (χ4v) is 1.98. The molecule has 1 heterocycles. The van der Waals surface area contributed by atoms with Gasteiger partial charge in [0, 0.05) is 18.7 Å². The molecule has 0 atom stereocenters. The van der Waals surface area contributed by atoms with Gasteiger partial charge >= 0.3 is 0 Å². The molecule has 0 radical (unpaired) electrons. The number of nitrogens with one attached hydrogen (secondary N) is 1. The molecule has 4 heteroatoms. The van der Waals surface area contributed by atoms with Gasteiger partial charge in [-0.1, -0.05) is 12.1 Å². The molecule has 0 saturated heterocycles. The molecule has 104 valence electrons. The second-order valence-electron chi connectivity index (χ2n) is 5.32. The minimum absolute atomic E-state index is 0.536. The second-order valence-corrected chi connectivity index (χ2v) is 5.32. The zero-order valence-corrected chi connectivity index (χ0v) is 11.9. The fraction of sp³-hybridized carbons (Fsp3) is 0.375.